The van der Waals surface area contributed by atoms with Gasteiger partial charge in [-0.25, -0.2) is 18.0 Å². The maximum atomic E-state index is 11.6. The van der Waals surface area contributed by atoms with Crippen molar-refractivity contribution in [3.63, 3.8) is 0 Å². The number of carboxylic acids is 2. The Morgan fingerprint density at radius 3 is 1.76 bits per heavy atom. The molecule has 10 heteroatoms. The Bertz CT molecular complexity index is 1510. The van der Waals surface area contributed by atoms with Gasteiger partial charge in [0.05, 0.1) is 19.1 Å². The molecule has 0 amide bonds. The van der Waals surface area contributed by atoms with Crippen molar-refractivity contribution in [3.8, 4) is 11.5 Å². The van der Waals surface area contributed by atoms with Crippen molar-refractivity contribution in [1.29, 1.82) is 0 Å². The maximum absolute atomic E-state index is 11.6. The highest BCUT2D eigenvalue weighted by Gasteiger charge is 2.23. The van der Waals surface area contributed by atoms with E-state index in [0.29, 0.717) is 16.5 Å². The molecule has 176 valence electrons. The van der Waals surface area contributed by atoms with Gasteiger partial charge < -0.3 is 19.7 Å². The Labute approximate surface area is 199 Å². The van der Waals surface area contributed by atoms with Gasteiger partial charge in [0.25, 0.3) is 9.05 Å². The van der Waals surface area contributed by atoms with Gasteiger partial charge in [0.15, 0.2) is 0 Å². The first-order chi connectivity index (χ1) is 16.1. The summed E-state index contributed by atoms with van der Waals surface area (Å²) in [6.45, 7) is 0. The molecule has 0 aliphatic heterocycles. The van der Waals surface area contributed by atoms with Crippen LogP contribution in [0.1, 0.15) is 20.7 Å². The lowest BCUT2D eigenvalue weighted by molar-refractivity contribution is 0.0682. The number of halogens is 1. The molecule has 4 aromatic rings. The lowest BCUT2D eigenvalue weighted by Gasteiger charge is -2.11. The van der Waals surface area contributed by atoms with Crippen LogP contribution >= 0.6 is 10.7 Å². The monoisotopic (exact) mass is 502 g/mol. The van der Waals surface area contributed by atoms with E-state index in [4.69, 9.17) is 30.4 Å². The fraction of sp³-hybridized carbons (Fsp3) is 0.0833. The summed E-state index contributed by atoms with van der Waals surface area (Å²) in [5, 5.41) is 20.6. The molecule has 34 heavy (non-hydrogen) atoms. The third-order valence-corrected chi connectivity index (χ3v) is 6.33. The van der Waals surface area contributed by atoms with Crippen molar-refractivity contribution in [2.45, 2.75) is 4.90 Å². The van der Waals surface area contributed by atoms with E-state index in [1.165, 1.54) is 14.2 Å². The molecule has 0 spiro atoms. The molecule has 0 heterocycles. The van der Waals surface area contributed by atoms with Crippen LogP contribution in [-0.2, 0) is 9.05 Å². The zero-order chi connectivity index (χ0) is 25.0. The topological polar surface area (TPSA) is 127 Å². The summed E-state index contributed by atoms with van der Waals surface area (Å²) in [6, 6.07) is 18.3. The summed E-state index contributed by atoms with van der Waals surface area (Å²) in [6.07, 6.45) is 0. The van der Waals surface area contributed by atoms with Crippen LogP contribution in [0.15, 0.2) is 71.6 Å². The fourth-order valence-electron chi connectivity index (χ4n) is 3.53. The van der Waals surface area contributed by atoms with Gasteiger partial charge in [-0.3, -0.25) is 0 Å². The molecule has 0 aliphatic carbocycles. The molecule has 0 atom stereocenters. The smallest absolute Gasteiger partial charge is 0.339 e. The van der Waals surface area contributed by atoms with Crippen LogP contribution < -0.4 is 9.47 Å². The molecule has 2 N–H and O–H groups in total. The van der Waals surface area contributed by atoms with Gasteiger partial charge in [-0.15, -0.1) is 0 Å². The van der Waals surface area contributed by atoms with E-state index in [-0.39, 0.29) is 21.8 Å². The van der Waals surface area contributed by atoms with Crippen LogP contribution in [0.5, 0.6) is 11.5 Å². The number of ether oxygens (including phenoxy) is 2. The molecular formula is C24H19ClO8S. The average Bonchev–Trinajstić information content (AvgIpc) is 2.81. The second-order valence-electron chi connectivity index (χ2n) is 6.92. The number of aromatic carboxylic acids is 2. The molecule has 0 fully saturated rings. The number of hydrogen-bond acceptors (Lipinski definition) is 6. The van der Waals surface area contributed by atoms with Gasteiger partial charge in [0, 0.05) is 26.8 Å². The molecule has 4 aromatic carbocycles. The highest BCUT2D eigenvalue weighted by Crippen LogP contribution is 2.36. The first-order valence-electron chi connectivity index (χ1n) is 9.66. The van der Waals surface area contributed by atoms with Gasteiger partial charge in [-0.1, -0.05) is 54.6 Å². The van der Waals surface area contributed by atoms with Crippen LogP contribution in [0.2, 0.25) is 0 Å². The Balaban J connectivity index is 0.000000196. The van der Waals surface area contributed by atoms with Crippen LogP contribution in [0.3, 0.4) is 0 Å². The number of carboxylic acid groups (broad SMARTS) is 2. The molecule has 0 bridgehead atoms. The molecule has 0 saturated carbocycles. The highest BCUT2D eigenvalue weighted by molar-refractivity contribution is 8.14. The number of carbonyl (C=O) groups is 2. The number of benzene rings is 4. The van der Waals surface area contributed by atoms with E-state index in [9.17, 15) is 18.0 Å². The summed E-state index contributed by atoms with van der Waals surface area (Å²) in [7, 11) is 4.09. The van der Waals surface area contributed by atoms with E-state index < -0.39 is 21.0 Å². The zero-order valence-corrected chi connectivity index (χ0v) is 19.6. The lowest BCUT2D eigenvalue weighted by atomic mass is 10.1. The predicted octanol–water partition coefficient (Wildman–Crippen LogP) is 5.02. The van der Waals surface area contributed by atoms with Crippen molar-refractivity contribution in [3.05, 3.63) is 77.9 Å². The van der Waals surface area contributed by atoms with Crippen molar-refractivity contribution in [1.82, 2.24) is 0 Å². The van der Waals surface area contributed by atoms with E-state index in [2.05, 4.69) is 0 Å². The SMILES string of the molecule is COc1c(C(=O)O)cc(S(=O)(=O)Cl)c2ccccc12.COc1c(C(=O)O)ccc2ccccc12. The number of hydrogen-bond donors (Lipinski definition) is 2. The number of rotatable bonds is 5. The average molecular weight is 503 g/mol. The van der Waals surface area contributed by atoms with Gasteiger partial charge in [-0.2, -0.15) is 0 Å². The van der Waals surface area contributed by atoms with Crippen molar-refractivity contribution in [2.24, 2.45) is 0 Å². The molecule has 0 aliphatic rings. The Morgan fingerprint density at radius 2 is 1.24 bits per heavy atom. The minimum atomic E-state index is -4.06. The minimum absolute atomic E-state index is 0.104. The van der Waals surface area contributed by atoms with Crippen LogP contribution in [0.25, 0.3) is 21.5 Å². The lowest BCUT2D eigenvalue weighted by Crippen LogP contribution is -2.04. The summed E-state index contributed by atoms with van der Waals surface area (Å²) >= 11 is 0. The van der Waals surface area contributed by atoms with E-state index >= 15 is 0 Å². The van der Waals surface area contributed by atoms with E-state index in [1.54, 1.807) is 36.4 Å². The van der Waals surface area contributed by atoms with Gasteiger partial charge in [0.1, 0.15) is 22.6 Å². The summed E-state index contributed by atoms with van der Waals surface area (Å²) in [5.74, 6) is -1.74. The number of fused-ring (bicyclic) bond motifs is 2. The van der Waals surface area contributed by atoms with Gasteiger partial charge in [0.2, 0.25) is 0 Å². The molecule has 0 saturated heterocycles. The second-order valence-corrected chi connectivity index (χ2v) is 9.45. The molecular weight excluding hydrogens is 484 g/mol. The Hall–Kier alpha value is -3.82. The molecule has 0 aromatic heterocycles. The van der Waals surface area contributed by atoms with Crippen LogP contribution in [0, 0.1) is 0 Å². The zero-order valence-electron chi connectivity index (χ0n) is 18.0. The molecule has 8 nitrogen and oxygen atoms in total. The van der Waals surface area contributed by atoms with Crippen molar-refractivity contribution in [2.75, 3.05) is 14.2 Å². The summed E-state index contributed by atoms with van der Waals surface area (Å²) < 4.78 is 33.3. The number of methoxy groups -OCH3 is 2. The first-order valence-corrected chi connectivity index (χ1v) is 12.0. The Kier molecular flexibility index (Phi) is 7.29. The molecule has 0 unspecified atom stereocenters. The normalized spacial score (nSPS) is 10.9. The van der Waals surface area contributed by atoms with Crippen LogP contribution in [0.4, 0.5) is 0 Å². The van der Waals surface area contributed by atoms with Gasteiger partial charge >= 0.3 is 11.9 Å². The molecule has 0 radical (unpaired) electrons. The third kappa shape index (κ3) is 4.90. The molecule has 4 rings (SSSR count). The first kappa shape index (κ1) is 24.8. The quantitative estimate of drug-likeness (QED) is 0.364. The maximum Gasteiger partial charge on any atom is 0.339 e. The van der Waals surface area contributed by atoms with E-state index in [0.717, 1.165) is 16.8 Å². The van der Waals surface area contributed by atoms with Crippen molar-refractivity contribution >= 4 is 53.2 Å². The summed E-state index contributed by atoms with van der Waals surface area (Å²) in [5.41, 5.74) is -0.0587. The predicted molar refractivity (Wildman–Crippen MR) is 128 cm³/mol. The minimum Gasteiger partial charge on any atom is -0.495 e. The largest absolute Gasteiger partial charge is 0.495 e. The standard InChI is InChI=1S/C12H9ClO5S.C12H10O3/c1-18-11-8-5-3-2-4-7(8)10(19(13,16)17)6-9(11)12(14)15;1-15-11-9-5-3-2-4-8(9)6-7-10(11)12(13)14/h2-6H,1H3,(H,14,15);2-7H,1H3,(H,13,14). The van der Waals surface area contributed by atoms with Crippen LogP contribution in [-0.4, -0.2) is 44.8 Å². The highest BCUT2D eigenvalue weighted by atomic mass is 35.7. The second kappa shape index (κ2) is 9.98. The fourth-order valence-corrected chi connectivity index (χ4v) is 4.61. The third-order valence-electron chi connectivity index (χ3n) is 4.97. The Morgan fingerprint density at radius 1 is 0.735 bits per heavy atom. The van der Waals surface area contributed by atoms with Gasteiger partial charge in [-0.05, 0) is 17.5 Å². The van der Waals surface area contributed by atoms with Crippen molar-refractivity contribution < 1.29 is 37.7 Å². The van der Waals surface area contributed by atoms with E-state index in [1.807, 2.05) is 24.3 Å². The summed E-state index contributed by atoms with van der Waals surface area (Å²) in [4.78, 5) is 21.9.